The number of fused-ring (bicyclic) bond motifs is 5. The second-order valence-corrected chi connectivity index (χ2v) is 16.2. The fraction of sp³-hybridized carbons (Fsp3) is 0.378. The van der Waals surface area contributed by atoms with Crippen LogP contribution >= 0.6 is 0 Å². The summed E-state index contributed by atoms with van der Waals surface area (Å²) < 4.78 is 20.0. The molecule has 0 atom stereocenters. The number of hydrogen-bond acceptors (Lipinski definition) is 10. The Morgan fingerprint density at radius 2 is 1.65 bits per heavy atom. The number of oxazole rings is 1. The highest BCUT2D eigenvalue weighted by Gasteiger charge is 2.54. The van der Waals surface area contributed by atoms with Crippen LogP contribution < -0.4 is 9.47 Å². The summed E-state index contributed by atoms with van der Waals surface area (Å²) in [6.45, 7) is 4.54. The van der Waals surface area contributed by atoms with Gasteiger partial charge in [0, 0.05) is 54.8 Å². The maximum Gasteiger partial charge on any atom is 0.309 e. The molecule has 1 aliphatic heterocycles. The third kappa shape index (κ3) is 6.12. The maximum absolute atomic E-state index is 12.0. The van der Waals surface area contributed by atoms with E-state index in [4.69, 9.17) is 24.0 Å². The Morgan fingerprint density at radius 1 is 0.982 bits per heavy atom. The van der Waals surface area contributed by atoms with Crippen LogP contribution in [0.3, 0.4) is 0 Å². The molecule has 3 heterocycles. The molecule has 10 rings (SSSR count). The molecule has 57 heavy (non-hydrogen) atoms. The average Bonchev–Trinajstić information content (AvgIpc) is 3.86. The Hall–Kier alpha value is -5.74. The number of carboxylic acid groups (broad SMARTS) is 1. The molecule has 2 aromatic heterocycles. The van der Waals surface area contributed by atoms with Crippen LogP contribution in [0.4, 0.5) is 0 Å². The maximum atomic E-state index is 12.0. The zero-order valence-corrected chi connectivity index (χ0v) is 32.7. The second kappa shape index (κ2) is 14.0. The van der Waals surface area contributed by atoms with Crippen LogP contribution in [0.15, 0.2) is 71.3 Å². The number of β-amino-alcohol motifs (C(OH)–C–C–N with tert-alkyl or cyclic N) is 1. The summed E-state index contributed by atoms with van der Waals surface area (Å²) in [5.41, 5.74) is 8.40. The van der Waals surface area contributed by atoms with Crippen molar-refractivity contribution in [2.24, 2.45) is 5.41 Å². The van der Waals surface area contributed by atoms with Crippen molar-refractivity contribution in [3.05, 3.63) is 89.1 Å². The lowest BCUT2D eigenvalue weighted by Gasteiger charge is -2.55. The number of likely N-dealkylation sites (tertiary alicyclic amines) is 1. The van der Waals surface area contributed by atoms with E-state index in [0.717, 1.165) is 69.2 Å². The predicted molar refractivity (Wildman–Crippen MR) is 215 cm³/mol. The molecule has 4 fully saturated rings. The van der Waals surface area contributed by atoms with Crippen molar-refractivity contribution in [3.8, 4) is 45.8 Å². The molecule has 12 nitrogen and oxygen atoms in total. The Kier molecular flexibility index (Phi) is 9.07. The number of hydrogen-bond donors (Lipinski definition) is 2. The first kappa shape index (κ1) is 36.9. The van der Waals surface area contributed by atoms with Crippen LogP contribution in [0.1, 0.15) is 60.8 Å². The van der Waals surface area contributed by atoms with Crippen LogP contribution in [0.5, 0.6) is 11.5 Å². The van der Waals surface area contributed by atoms with Crippen molar-refractivity contribution in [1.82, 2.24) is 24.6 Å². The minimum Gasteiger partial charge on any atom is -0.496 e. The molecule has 0 radical (unpaired) electrons. The summed E-state index contributed by atoms with van der Waals surface area (Å²) >= 11 is 0. The van der Waals surface area contributed by atoms with E-state index in [1.54, 1.807) is 14.2 Å². The van der Waals surface area contributed by atoms with Crippen LogP contribution in [0.25, 0.3) is 50.3 Å². The van der Waals surface area contributed by atoms with Crippen molar-refractivity contribution < 1.29 is 28.9 Å². The largest absolute Gasteiger partial charge is 0.496 e. The van der Waals surface area contributed by atoms with E-state index in [2.05, 4.69) is 42.0 Å². The van der Waals surface area contributed by atoms with Crippen molar-refractivity contribution >= 4 is 28.0 Å². The molecule has 0 spiro atoms. The van der Waals surface area contributed by atoms with Crippen LogP contribution in [-0.2, 0) is 17.9 Å². The normalized spacial score (nSPS) is 20.9. The number of carboxylic acids is 1. The second-order valence-electron chi connectivity index (χ2n) is 16.2. The standard InChI is InChI=1S/C45H46N6O6/c1-27-32(34-9-6-10-38-35(34)22-47-51(38)30-19-39(55-3)36(40(20-30)56-4)26-50-24-31(52)25-50)7-5-8-33(27)42-48-37-18-28(17-29(21-46)41(37)57-42)23-49(2)45-14-11-44(12-15-45,13-16-45)43(53)54/h5-10,17-20,22,31,52H,11-16,23-26H2,1-4H3,(H,53,54). The van der Waals surface area contributed by atoms with Gasteiger partial charge < -0.3 is 24.1 Å². The zero-order valence-electron chi connectivity index (χ0n) is 32.7. The van der Waals surface area contributed by atoms with Crippen molar-refractivity contribution in [2.45, 2.75) is 70.2 Å². The lowest BCUT2D eigenvalue weighted by molar-refractivity contribution is -0.160. The summed E-state index contributed by atoms with van der Waals surface area (Å²) in [5.74, 6) is 1.18. The number of carbonyl (C=O) groups is 1. The first-order valence-corrected chi connectivity index (χ1v) is 19.6. The van der Waals surface area contributed by atoms with Gasteiger partial charge in [0.2, 0.25) is 5.89 Å². The van der Waals surface area contributed by atoms with E-state index in [0.29, 0.717) is 79.5 Å². The fourth-order valence-corrected chi connectivity index (χ4v) is 9.68. The van der Waals surface area contributed by atoms with Crippen LogP contribution in [0.2, 0.25) is 0 Å². The SMILES string of the molecule is COc1cc(-n2ncc3c(-c4cccc(-c5nc6cc(CN(C)C78CCC(C(=O)O)(CC7)CC8)cc(C#N)c6o5)c4C)cccc32)cc(OC)c1CN1CC(O)C1. The van der Waals surface area contributed by atoms with Gasteiger partial charge in [0.1, 0.15) is 23.1 Å². The number of aromatic nitrogens is 3. The van der Waals surface area contributed by atoms with Crippen molar-refractivity contribution in [1.29, 1.82) is 5.26 Å². The number of benzene rings is 4. The first-order valence-electron chi connectivity index (χ1n) is 19.6. The number of nitriles is 1. The average molecular weight is 767 g/mol. The molecular formula is C45H46N6O6. The topological polar surface area (TPSA) is 150 Å². The van der Waals surface area contributed by atoms with Gasteiger partial charge in [-0.2, -0.15) is 10.4 Å². The quantitative estimate of drug-likeness (QED) is 0.135. The highest BCUT2D eigenvalue weighted by Crippen LogP contribution is 2.55. The van der Waals surface area contributed by atoms with Crippen LogP contribution in [0, 0.1) is 23.7 Å². The van der Waals surface area contributed by atoms with E-state index in [1.807, 2.05) is 59.4 Å². The number of aliphatic hydroxyl groups excluding tert-OH is 1. The fourth-order valence-electron chi connectivity index (χ4n) is 9.68. The first-order chi connectivity index (χ1) is 27.5. The van der Waals surface area contributed by atoms with E-state index in [9.17, 15) is 20.3 Å². The van der Waals surface area contributed by atoms with Gasteiger partial charge in [0.05, 0.1) is 54.3 Å². The molecule has 3 saturated carbocycles. The third-order valence-corrected chi connectivity index (χ3v) is 13.2. The lowest BCUT2D eigenvalue weighted by atomic mass is 9.57. The lowest BCUT2D eigenvalue weighted by Crippen LogP contribution is -2.56. The van der Waals surface area contributed by atoms with Gasteiger partial charge in [0.25, 0.3) is 0 Å². The molecule has 2 bridgehead atoms. The Balaban J connectivity index is 1.02. The molecule has 1 saturated heterocycles. The smallest absolute Gasteiger partial charge is 0.309 e. The summed E-state index contributed by atoms with van der Waals surface area (Å²) in [6, 6.07) is 22.5. The molecule has 6 aromatic rings. The van der Waals surface area contributed by atoms with E-state index in [1.165, 1.54) is 0 Å². The Bertz CT molecular complexity index is 2550. The Morgan fingerprint density at radius 3 is 2.30 bits per heavy atom. The number of aliphatic hydroxyl groups is 1. The summed E-state index contributed by atoms with van der Waals surface area (Å²) in [5, 5.41) is 35.7. The highest BCUT2D eigenvalue weighted by molar-refractivity contribution is 5.97. The van der Waals surface area contributed by atoms with Gasteiger partial charge in [-0.05, 0) is 99.0 Å². The van der Waals surface area contributed by atoms with E-state index in [-0.39, 0.29) is 11.6 Å². The molecular weight excluding hydrogens is 721 g/mol. The minimum absolute atomic E-state index is 0.0330. The predicted octanol–water partition coefficient (Wildman–Crippen LogP) is 7.48. The number of nitrogens with zero attached hydrogens (tertiary/aromatic N) is 6. The van der Waals surface area contributed by atoms with Crippen molar-refractivity contribution in [2.75, 3.05) is 34.4 Å². The number of ether oxygens (including phenoxy) is 2. The molecule has 292 valence electrons. The third-order valence-electron chi connectivity index (χ3n) is 13.2. The van der Waals surface area contributed by atoms with E-state index >= 15 is 0 Å². The molecule has 3 aliphatic carbocycles. The van der Waals surface area contributed by atoms with E-state index < -0.39 is 11.4 Å². The summed E-state index contributed by atoms with van der Waals surface area (Å²) in [4.78, 5) is 21.5. The number of aliphatic carboxylic acids is 1. The molecule has 0 unspecified atom stereocenters. The molecule has 4 aliphatic rings. The van der Waals surface area contributed by atoms with Gasteiger partial charge in [-0.3, -0.25) is 14.6 Å². The highest BCUT2D eigenvalue weighted by atomic mass is 16.5. The zero-order chi connectivity index (χ0) is 39.6. The van der Waals surface area contributed by atoms with Gasteiger partial charge in [-0.15, -0.1) is 0 Å². The van der Waals surface area contributed by atoms with Crippen molar-refractivity contribution in [3.63, 3.8) is 0 Å². The monoisotopic (exact) mass is 766 g/mol. The van der Waals surface area contributed by atoms with Gasteiger partial charge in [-0.25, -0.2) is 9.67 Å². The van der Waals surface area contributed by atoms with Crippen LogP contribution in [-0.4, -0.2) is 86.7 Å². The van der Waals surface area contributed by atoms with Gasteiger partial charge in [-0.1, -0.05) is 24.3 Å². The minimum atomic E-state index is -0.653. The summed E-state index contributed by atoms with van der Waals surface area (Å²) in [6.07, 6.45) is 6.31. The van der Waals surface area contributed by atoms with Gasteiger partial charge >= 0.3 is 5.97 Å². The molecule has 4 aromatic carbocycles. The van der Waals surface area contributed by atoms with Gasteiger partial charge in [0.15, 0.2) is 5.58 Å². The number of rotatable bonds is 11. The summed E-state index contributed by atoms with van der Waals surface area (Å²) in [7, 11) is 5.42. The Labute approximate surface area is 330 Å². The molecule has 0 amide bonds. The molecule has 12 heteroatoms. The molecule has 2 N–H and O–H groups in total. The number of methoxy groups -OCH3 is 2.